The quantitative estimate of drug-likeness (QED) is 0.895. The SMILES string of the molecule is CC(C)(C)c1ccc(-c2cncc(C(N)=O)c2)cc1. The minimum absolute atomic E-state index is 0.131. The predicted molar refractivity (Wildman–Crippen MR) is 76.9 cm³/mol. The fourth-order valence-corrected chi connectivity index (χ4v) is 1.90. The molecule has 2 N–H and O–H groups in total. The molecule has 98 valence electrons. The highest BCUT2D eigenvalue weighted by molar-refractivity contribution is 5.93. The van der Waals surface area contributed by atoms with Gasteiger partial charge in [0.05, 0.1) is 5.56 Å². The average molecular weight is 254 g/mol. The molecule has 1 heterocycles. The first-order chi connectivity index (χ1) is 8.88. The summed E-state index contributed by atoms with van der Waals surface area (Å²) >= 11 is 0. The molecular weight excluding hydrogens is 236 g/mol. The molecule has 1 aromatic carbocycles. The Balaban J connectivity index is 2.37. The lowest BCUT2D eigenvalue weighted by molar-refractivity contribution is 0.1000. The van der Waals surface area contributed by atoms with Crippen molar-refractivity contribution < 1.29 is 4.79 Å². The van der Waals surface area contributed by atoms with Gasteiger partial charge in [-0.15, -0.1) is 0 Å². The molecule has 19 heavy (non-hydrogen) atoms. The van der Waals surface area contributed by atoms with Crippen molar-refractivity contribution in [1.82, 2.24) is 4.98 Å². The summed E-state index contributed by atoms with van der Waals surface area (Å²) in [6.07, 6.45) is 3.22. The third-order valence-corrected chi connectivity index (χ3v) is 3.11. The van der Waals surface area contributed by atoms with E-state index in [1.54, 1.807) is 12.3 Å². The molecular formula is C16H18N2O. The normalized spacial score (nSPS) is 11.3. The number of carbonyl (C=O) groups is 1. The summed E-state index contributed by atoms with van der Waals surface area (Å²) in [7, 11) is 0. The van der Waals surface area contributed by atoms with Gasteiger partial charge < -0.3 is 5.73 Å². The number of benzene rings is 1. The Bertz CT molecular complexity index is 595. The van der Waals surface area contributed by atoms with Crippen LogP contribution in [0.25, 0.3) is 11.1 Å². The molecule has 2 aromatic rings. The van der Waals surface area contributed by atoms with E-state index in [0.29, 0.717) is 5.56 Å². The third-order valence-electron chi connectivity index (χ3n) is 3.11. The van der Waals surface area contributed by atoms with Crippen LogP contribution < -0.4 is 5.73 Å². The Labute approximate surface area is 113 Å². The summed E-state index contributed by atoms with van der Waals surface area (Å²) in [5, 5.41) is 0. The van der Waals surface area contributed by atoms with E-state index in [9.17, 15) is 4.79 Å². The van der Waals surface area contributed by atoms with E-state index in [4.69, 9.17) is 5.73 Å². The van der Waals surface area contributed by atoms with Gasteiger partial charge in [0.15, 0.2) is 0 Å². The monoisotopic (exact) mass is 254 g/mol. The van der Waals surface area contributed by atoms with Crippen LogP contribution in [0.1, 0.15) is 36.7 Å². The van der Waals surface area contributed by atoms with Gasteiger partial charge in [0.1, 0.15) is 0 Å². The lowest BCUT2D eigenvalue weighted by Gasteiger charge is -2.19. The van der Waals surface area contributed by atoms with E-state index in [-0.39, 0.29) is 5.41 Å². The average Bonchev–Trinajstić information content (AvgIpc) is 2.38. The number of carbonyl (C=O) groups excluding carboxylic acids is 1. The van der Waals surface area contributed by atoms with Crippen LogP contribution in [0.2, 0.25) is 0 Å². The highest BCUT2D eigenvalue weighted by atomic mass is 16.1. The lowest BCUT2D eigenvalue weighted by atomic mass is 9.86. The summed E-state index contributed by atoms with van der Waals surface area (Å²) in [5.74, 6) is -0.458. The molecule has 2 rings (SSSR count). The second-order valence-electron chi connectivity index (χ2n) is 5.65. The standard InChI is InChI=1S/C16H18N2O/c1-16(2,3)14-6-4-11(5-7-14)12-8-13(15(17)19)10-18-9-12/h4-10H,1-3H3,(H2,17,19). The van der Waals surface area contributed by atoms with Gasteiger partial charge in [-0.3, -0.25) is 9.78 Å². The van der Waals surface area contributed by atoms with Crippen molar-refractivity contribution in [2.75, 3.05) is 0 Å². The third kappa shape index (κ3) is 2.99. The lowest BCUT2D eigenvalue weighted by Crippen LogP contribution is -2.11. The van der Waals surface area contributed by atoms with Gasteiger partial charge in [-0.05, 0) is 22.6 Å². The van der Waals surface area contributed by atoms with Crippen LogP contribution in [0, 0.1) is 0 Å². The molecule has 0 aliphatic rings. The Hall–Kier alpha value is -2.16. The molecule has 0 bridgehead atoms. The number of primary amides is 1. The second-order valence-corrected chi connectivity index (χ2v) is 5.65. The first-order valence-corrected chi connectivity index (χ1v) is 6.24. The van der Waals surface area contributed by atoms with Crippen LogP contribution in [0.3, 0.4) is 0 Å². The number of nitrogens with zero attached hydrogens (tertiary/aromatic N) is 1. The molecule has 0 fully saturated rings. The van der Waals surface area contributed by atoms with E-state index in [1.807, 2.05) is 12.1 Å². The molecule has 0 saturated carbocycles. The molecule has 0 radical (unpaired) electrons. The molecule has 0 atom stereocenters. The van der Waals surface area contributed by atoms with Crippen molar-refractivity contribution in [2.24, 2.45) is 5.73 Å². The number of amides is 1. The minimum atomic E-state index is -0.458. The Morgan fingerprint density at radius 2 is 1.68 bits per heavy atom. The summed E-state index contributed by atoms with van der Waals surface area (Å²) in [4.78, 5) is 15.2. The second kappa shape index (κ2) is 4.84. The van der Waals surface area contributed by atoms with Gasteiger partial charge >= 0.3 is 0 Å². The van der Waals surface area contributed by atoms with Crippen molar-refractivity contribution in [1.29, 1.82) is 0 Å². The molecule has 1 aromatic heterocycles. The highest BCUT2D eigenvalue weighted by Crippen LogP contribution is 2.26. The zero-order valence-corrected chi connectivity index (χ0v) is 11.5. The van der Waals surface area contributed by atoms with E-state index in [1.165, 1.54) is 11.8 Å². The zero-order chi connectivity index (χ0) is 14.0. The topological polar surface area (TPSA) is 56.0 Å². The van der Waals surface area contributed by atoms with Gasteiger partial charge in [0.2, 0.25) is 5.91 Å². The Morgan fingerprint density at radius 3 is 2.21 bits per heavy atom. The Kier molecular flexibility index (Phi) is 3.38. The minimum Gasteiger partial charge on any atom is -0.366 e. The van der Waals surface area contributed by atoms with E-state index in [2.05, 4.69) is 37.9 Å². The van der Waals surface area contributed by atoms with Crippen molar-refractivity contribution >= 4 is 5.91 Å². The maximum absolute atomic E-state index is 11.2. The molecule has 0 aliphatic carbocycles. The molecule has 3 heteroatoms. The van der Waals surface area contributed by atoms with Crippen LogP contribution in [0.4, 0.5) is 0 Å². The van der Waals surface area contributed by atoms with Crippen LogP contribution in [-0.2, 0) is 5.41 Å². The number of hydrogen-bond acceptors (Lipinski definition) is 2. The maximum Gasteiger partial charge on any atom is 0.250 e. The molecule has 3 nitrogen and oxygen atoms in total. The fourth-order valence-electron chi connectivity index (χ4n) is 1.90. The first kappa shape index (κ1) is 13.3. The van der Waals surface area contributed by atoms with Gasteiger partial charge in [0, 0.05) is 18.0 Å². The van der Waals surface area contributed by atoms with Crippen molar-refractivity contribution in [3.05, 3.63) is 53.9 Å². The van der Waals surface area contributed by atoms with Gasteiger partial charge in [-0.2, -0.15) is 0 Å². The van der Waals surface area contributed by atoms with E-state index >= 15 is 0 Å². The van der Waals surface area contributed by atoms with E-state index < -0.39 is 5.91 Å². The molecule has 0 saturated heterocycles. The zero-order valence-electron chi connectivity index (χ0n) is 11.5. The molecule has 1 amide bonds. The first-order valence-electron chi connectivity index (χ1n) is 6.24. The van der Waals surface area contributed by atoms with Crippen molar-refractivity contribution in [2.45, 2.75) is 26.2 Å². The number of pyridine rings is 1. The van der Waals surface area contributed by atoms with E-state index in [0.717, 1.165) is 11.1 Å². The number of hydrogen-bond donors (Lipinski definition) is 1. The number of rotatable bonds is 2. The summed E-state index contributed by atoms with van der Waals surface area (Å²) in [5.41, 5.74) is 9.03. The summed E-state index contributed by atoms with van der Waals surface area (Å²) < 4.78 is 0. The maximum atomic E-state index is 11.2. The smallest absolute Gasteiger partial charge is 0.250 e. The van der Waals surface area contributed by atoms with Crippen molar-refractivity contribution in [3.63, 3.8) is 0 Å². The number of nitrogens with two attached hydrogens (primary N) is 1. The molecule has 0 spiro atoms. The van der Waals surface area contributed by atoms with Crippen LogP contribution in [-0.4, -0.2) is 10.9 Å². The van der Waals surface area contributed by atoms with Gasteiger partial charge in [-0.25, -0.2) is 0 Å². The van der Waals surface area contributed by atoms with Gasteiger partial charge in [-0.1, -0.05) is 45.0 Å². The number of aromatic nitrogens is 1. The van der Waals surface area contributed by atoms with Crippen LogP contribution >= 0.6 is 0 Å². The van der Waals surface area contributed by atoms with Crippen molar-refractivity contribution in [3.8, 4) is 11.1 Å². The predicted octanol–water partition coefficient (Wildman–Crippen LogP) is 3.15. The summed E-state index contributed by atoms with van der Waals surface area (Å²) in [6, 6.07) is 10.1. The largest absolute Gasteiger partial charge is 0.366 e. The fraction of sp³-hybridized carbons (Fsp3) is 0.250. The van der Waals surface area contributed by atoms with Crippen LogP contribution in [0.15, 0.2) is 42.7 Å². The van der Waals surface area contributed by atoms with Crippen LogP contribution in [0.5, 0.6) is 0 Å². The van der Waals surface area contributed by atoms with Gasteiger partial charge in [0.25, 0.3) is 0 Å². The highest BCUT2D eigenvalue weighted by Gasteiger charge is 2.13. The molecule has 0 unspecified atom stereocenters. The summed E-state index contributed by atoms with van der Waals surface area (Å²) in [6.45, 7) is 6.53. The molecule has 0 aliphatic heterocycles. The Morgan fingerprint density at radius 1 is 1.05 bits per heavy atom.